The first-order chi connectivity index (χ1) is 7.59. The lowest BCUT2D eigenvalue weighted by Crippen LogP contribution is -1.96. The van der Waals surface area contributed by atoms with Crippen molar-refractivity contribution in [3.05, 3.63) is 45.6 Å². The second-order valence-electron chi connectivity index (χ2n) is 4.08. The highest BCUT2D eigenvalue weighted by Crippen LogP contribution is 2.36. The van der Waals surface area contributed by atoms with Crippen LogP contribution in [0.1, 0.15) is 31.9 Å². The van der Waals surface area contributed by atoms with Gasteiger partial charge in [0.05, 0.1) is 6.42 Å². The zero-order valence-corrected chi connectivity index (χ0v) is 10.9. The molecule has 1 aromatic rings. The van der Waals surface area contributed by atoms with Crippen LogP contribution in [0.2, 0.25) is 0 Å². The summed E-state index contributed by atoms with van der Waals surface area (Å²) in [6.45, 7) is 3.80. The maximum Gasteiger partial charge on any atom is 0.201 e. The molecular formula is C13H13BrO2. The lowest BCUT2D eigenvalue weighted by molar-refractivity contribution is -0.115. The fourth-order valence-electron chi connectivity index (χ4n) is 1.82. The van der Waals surface area contributed by atoms with Gasteiger partial charge >= 0.3 is 0 Å². The van der Waals surface area contributed by atoms with Crippen LogP contribution in [0.4, 0.5) is 0 Å². The molecule has 0 aliphatic carbocycles. The smallest absolute Gasteiger partial charge is 0.201 e. The van der Waals surface area contributed by atoms with Crippen LogP contribution >= 0.6 is 15.9 Å². The number of ether oxygens (including phenoxy) is 1. The number of benzene rings is 1. The molecule has 1 heterocycles. The van der Waals surface area contributed by atoms with Gasteiger partial charge in [-0.25, -0.2) is 0 Å². The molecule has 0 spiro atoms. The Bertz CT molecular complexity index is 459. The predicted octanol–water partition coefficient (Wildman–Crippen LogP) is 3.77. The molecule has 1 aliphatic heterocycles. The molecule has 16 heavy (non-hydrogen) atoms. The highest BCUT2D eigenvalue weighted by molar-refractivity contribution is 9.10. The Morgan fingerprint density at radius 1 is 1.38 bits per heavy atom. The van der Waals surface area contributed by atoms with Crippen molar-refractivity contribution in [2.45, 2.75) is 26.4 Å². The summed E-state index contributed by atoms with van der Waals surface area (Å²) in [4.78, 5) is 11.7. The van der Waals surface area contributed by atoms with Crippen LogP contribution in [-0.2, 0) is 9.53 Å². The molecule has 0 saturated carbocycles. The minimum Gasteiger partial charge on any atom is -0.482 e. The third-order valence-corrected chi connectivity index (χ3v) is 3.31. The quantitative estimate of drug-likeness (QED) is 0.732. The SMILES string of the molecule is CC(C)=C1OC(c2ccccc2Br)CC1=O. The Morgan fingerprint density at radius 3 is 2.62 bits per heavy atom. The average Bonchev–Trinajstić information content (AvgIpc) is 2.61. The summed E-state index contributed by atoms with van der Waals surface area (Å²) in [5.41, 5.74) is 1.98. The molecule has 1 aliphatic rings. The molecule has 2 rings (SSSR count). The number of allylic oxidation sites excluding steroid dienone is 2. The van der Waals surface area contributed by atoms with E-state index in [1.165, 1.54) is 0 Å². The lowest BCUT2D eigenvalue weighted by Gasteiger charge is -2.12. The third kappa shape index (κ3) is 2.05. The zero-order valence-electron chi connectivity index (χ0n) is 9.29. The maximum absolute atomic E-state index is 11.7. The topological polar surface area (TPSA) is 26.3 Å². The van der Waals surface area contributed by atoms with Gasteiger partial charge in [-0.1, -0.05) is 34.1 Å². The van der Waals surface area contributed by atoms with Crippen LogP contribution in [0, 0.1) is 0 Å². The van der Waals surface area contributed by atoms with E-state index in [0.29, 0.717) is 12.2 Å². The first-order valence-corrected chi connectivity index (χ1v) is 6.00. The van der Waals surface area contributed by atoms with E-state index in [-0.39, 0.29) is 11.9 Å². The first-order valence-electron chi connectivity index (χ1n) is 5.21. The van der Waals surface area contributed by atoms with Gasteiger partial charge in [-0.05, 0) is 25.5 Å². The highest BCUT2D eigenvalue weighted by atomic mass is 79.9. The number of hydrogen-bond donors (Lipinski definition) is 0. The summed E-state index contributed by atoms with van der Waals surface area (Å²) in [5.74, 6) is 0.626. The second-order valence-corrected chi connectivity index (χ2v) is 4.94. The van der Waals surface area contributed by atoms with Crippen molar-refractivity contribution in [1.29, 1.82) is 0 Å². The Labute approximate surface area is 103 Å². The van der Waals surface area contributed by atoms with Crippen LogP contribution in [0.5, 0.6) is 0 Å². The molecule has 0 N–H and O–H groups in total. The molecule has 3 heteroatoms. The van der Waals surface area contributed by atoms with E-state index >= 15 is 0 Å². The largest absolute Gasteiger partial charge is 0.482 e. The molecular weight excluding hydrogens is 268 g/mol. The fourth-order valence-corrected chi connectivity index (χ4v) is 2.36. The van der Waals surface area contributed by atoms with Gasteiger partial charge in [0, 0.05) is 10.0 Å². The Morgan fingerprint density at radius 2 is 2.06 bits per heavy atom. The van der Waals surface area contributed by atoms with Crippen molar-refractivity contribution in [2.24, 2.45) is 0 Å². The van der Waals surface area contributed by atoms with Crippen molar-refractivity contribution in [3.63, 3.8) is 0 Å². The molecule has 0 amide bonds. The predicted molar refractivity (Wildman–Crippen MR) is 66.0 cm³/mol. The summed E-state index contributed by atoms with van der Waals surface area (Å²) in [7, 11) is 0. The molecule has 84 valence electrons. The van der Waals surface area contributed by atoms with Gasteiger partial charge in [-0.2, -0.15) is 0 Å². The minimum absolute atomic E-state index is 0.0979. The number of carbonyl (C=O) groups is 1. The normalized spacial score (nSPS) is 19.8. The van der Waals surface area contributed by atoms with Crippen LogP contribution in [0.25, 0.3) is 0 Å². The molecule has 1 aromatic carbocycles. The van der Waals surface area contributed by atoms with E-state index in [1.54, 1.807) is 0 Å². The second kappa shape index (κ2) is 4.42. The molecule has 0 aromatic heterocycles. The van der Waals surface area contributed by atoms with Crippen LogP contribution in [0.3, 0.4) is 0 Å². The summed E-state index contributed by atoms with van der Waals surface area (Å²) < 4.78 is 6.69. The summed E-state index contributed by atoms with van der Waals surface area (Å²) in [6, 6.07) is 7.85. The average molecular weight is 281 g/mol. The number of hydrogen-bond acceptors (Lipinski definition) is 2. The minimum atomic E-state index is -0.145. The molecule has 1 unspecified atom stereocenters. The summed E-state index contributed by atoms with van der Waals surface area (Å²) in [6.07, 6.45) is 0.288. The summed E-state index contributed by atoms with van der Waals surface area (Å²) in [5, 5.41) is 0. The van der Waals surface area contributed by atoms with Gasteiger partial charge in [0.1, 0.15) is 6.10 Å². The van der Waals surface area contributed by atoms with Gasteiger partial charge in [-0.3, -0.25) is 4.79 Å². The number of halogens is 1. The highest BCUT2D eigenvalue weighted by Gasteiger charge is 2.31. The van der Waals surface area contributed by atoms with E-state index in [0.717, 1.165) is 15.6 Å². The van der Waals surface area contributed by atoms with E-state index < -0.39 is 0 Å². The van der Waals surface area contributed by atoms with Crippen molar-refractivity contribution in [3.8, 4) is 0 Å². The number of Topliss-reactive ketones (excluding diaryl/α,β-unsaturated/α-hetero) is 1. The molecule has 1 atom stereocenters. The Hall–Kier alpha value is -1.09. The van der Waals surface area contributed by atoms with Crippen molar-refractivity contribution in [2.75, 3.05) is 0 Å². The van der Waals surface area contributed by atoms with E-state index in [2.05, 4.69) is 15.9 Å². The molecule has 1 saturated heterocycles. The third-order valence-electron chi connectivity index (χ3n) is 2.59. The van der Waals surface area contributed by atoms with Gasteiger partial charge in [0.15, 0.2) is 5.76 Å². The Kier molecular flexibility index (Phi) is 3.15. The van der Waals surface area contributed by atoms with E-state index in [9.17, 15) is 4.79 Å². The zero-order chi connectivity index (χ0) is 11.7. The summed E-state index contributed by atoms with van der Waals surface area (Å²) >= 11 is 3.48. The van der Waals surface area contributed by atoms with Gasteiger partial charge in [0.25, 0.3) is 0 Å². The number of ketones is 1. The van der Waals surface area contributed by atoms with Crippen molar-refractivity contribution < 1.29 is 9.53 Å². The lowest BCUT2D eigenvalue weighted by atomic mass is 10.1. The van der Waals surface area contributed by atoms with Crippen LogP contribution in [-0.4, -0.2) is 5.78 Å². The van der Waals surface area contributed by atoms with Crippen LogP contribution < -0.4 is 0 Å². The van der Waals surface area contributed by atoms with E-state index in [4.69, 9.17) is 4.74 Å². The number of rotatable bonds is 1. The van der Waals surface area contributed by atoms with Crippen molar-refractivity contribution in [1.82, 2.24) is 0 Å². The number of carbonyl (C=O) groups excluding carboxylic acids is 1. The fraction of sp³-hybridized carbons (Fsp3) is 0.308. The van der Waals surface area contributed by atoms with Crippen LogP contribution in [0.15, 0.2) is 40.1 Å². The molecule has 2 nitrogen and oxygen atoms in total. The van der Waals surface area contributed by atoms with Gasteiger partial charge in [0.2, 0.25) is 5.78 Å². The molecule has 0 radical (unpaired) electrons. The monoisotopic (exact) mass is 280 g/mol. The standard InChI is InChI=1S/C13H13BrO2/c1-8(2)13-11(15)7-12(16-13)9-5-3-4-6-10(9)14/h3-6,12H,7H2,1-2H3. The van der Waals surface area contributed by atoms with Gasteiger partial charge < -0.3 is 4.74 Å². The maximum atomic E-state index is 11.7. The molecule has 1 fully saturated rings. The van der Waals surface area contributed by atoms with Crippen molar-refractivity contribution >= 4 is 21.7 Å². The Balaban J connectivity index is 2.31. The molecule has 0 bridgehead atoms. The van der Waals surface area contributed by atoms with Gasteiger partial charge in [-0.15, -0.1) is 0 Å². The first kappa shape index (κ1) is 11.4. The van der Waals surface area contributed by atoms with E-state index in [1.807, 2.05) is 38.1 Å².